The van der Waals surface area contributed by atoms with Gasteiger partial charge in [0.15, 0.2) is 0 Å². The Hall–Kier alpha value is -3.40. The Labute approximate surface area is 119 Å². The molecule has 2 aromatic carbocycles. The molecule has 0 saturated carbocycles. The number of nitrogens with one attached hydrogen (secondary N) is 1. The lowest BCUT2D eigenvalue weighted by atomic mass is 10.1. The molecule has 104 valence electrons. The molecule has 2 aromatic rings. The lowest BCUT2D eigenvalue weighted by molar-refractivity contribution is -0.383. The van der Waals surface area contributed by atoms with Gasteiger partial charge in [0.1, 0.15) is 5.69 Å². The number of anilines is 2. The summed E-state index contributed by atoms with van der Waals surface area (Å²) in [6, 6.07) is 11.7. The van der Waals surface area contributed by atoms with Gasteiger partial charge >= 0.3 is 5.97 Å². The first-order chi connectivity index (χ1) is 10.0. The number of benzene rings is 2. The van der Waals surface area contributed by atoms with E-state index in [-0.39, 0.29) is 22.5 Å². The van der Waals surface area contributed by atoms with Gasteiger partial charge in [0.2, 0.25) is 0 Å². The molecule has 0 aliphatic carbocycles. The van der Waals surface area contributed by atoms with Crippen LogP contribution < -0.4 is 5.32 Å². The highest BCUT2D eigenvalue weighted by Gasteiger charge is 2.15. The SMILES string of the molecule is N#Cc1ccc(Nc2cccc(C(=O)O)c2)c([N+](=O)[O-])c1. The van der Waals surface area contributed by atoms with Gasteiger partial charge in [0.25, 0.3) is 5.69 Å². The van der Waals surface area contributed by atoms with Crippen LogP contribution in [0.25, 0.3) is 0 Å². The molecule has 0 saturated heterocycles. The Balaban J connectivity index is 2.40. The van der Waals surface area contributed by atoms with Crippen LogP contribution in [-0.4, -0.2) is 16.0 Å². The molecule has 2 rings (SSSR count). The molecule has 0 amide bonds. The lowest BCUT2D eigenvalue weighted by Crippen LogP contribution is -2.00. The van der Waals surface area contributed by atoms with Crippen molar-refractivity contribution in [2.24, 2.45) is 0 Å². The van der Waals surface area contributed by atoms with Gasteiger partial charge in [0, 0.05) is 11.8 Å². The molecular formula is C14H9N3O4. The number of carboxylic acids is 1. The molecule has 0 bridgehead atoms. The fourth-order valence-electron chi connectivity index (χ4n) is 1.74. The van der Waals surface area contributed by atoms with E-state index >= 15 is 0 Å². The Kier molecular flexibility index (Phi) is 3.81. The number of nitro groups is 1. The summed E-state index contributed by atoms with van der Waals surface area (Å²) in [5.74, 6) is -1.09. The van der Waals surface area contributed by atoms with Crippen molar-refractivity contribution in [2.75, 3.05) is 5.32 Å². The van der Waals surface area contributed by atoms with Crippen LogP contribution in [0.4, 0.5) is 17.1 Å². The Morgan fingerprint density at radius 3 is 2.67 bits per heavy atom. The van der Waals surface area contributed by atoms with Crippen LogP contribution in [0.3, 0.4) is 0 Å². The van der Waals surface area contributed by atoms with E-state index in [4.69, 9.17) is 10.4 Å². The second kappa shape index (κ2) is 5.71. The highest BCUT2D eigenvalue weighted by atomic mass is 16.6. The average molecular weight is 283 g/mol. The molecule has 7 nitrogen and oxygen atoms in total. The van der Waals surface area contributed by atoms with Crippen LogP contribution in [0.5, 0.6) is 0 Å². The van der Waals surface area contributed by atoms with Crippen molar-refractivity contribution in [3.8, 4) is 6.07 Å². The van der Waals surface area contributed by atoms with Gasteiger partial charge in [0.05, 0.1) is 22.1 Å². The Morgan fingerprint density at radius 1 is 1.29 bits per heavy atom. The van der Waals surface area contributed by atoms with E-state index in [0.717, 1.165) is 6.07 Å². The number of nitrogens with zero attached hydrogens (tertiary/aromatic N) is 2. The van der Waals surface area contributed by atoms with Crippen molar-refractivity contribution in [1.82, 2.24) is 0 Å². The number of rotatable bonds is 4. The zero-order valence-electron chi connectivity index (χ0n) is 10.6. The van der Waals surface area contributed by atoms with Gasteiger partial charge < -0.3 is 10.4 Å². The minimum Gasteiger partial charge on any atom is -0.478 e. The smallest absolute Gasteiger partial charge is 0.335 e. The minimum absolute atomic E-state index is 0.0660. The summed E-state index contributed by atoms with van der Waals surface area (Å²) in [4.78, 5) is 21.3. The van der Waals surface area contributed by atoms with Gasteiger partial charge in [-0.25, -0.2) is 4.79 Å². The molecule has 0 fully saturated rings. The summed E-state index contributed by atoms with van der Waals surface area (Å²) in [5, 5.41) is 31.5. The Morgan fingerprint density at radius 2 is 2.05 bits per heavy atom. The predicted octanol–water partition coefficient (Wildman–Crippen LogP) is 2.91. The van der Waals surface area contributed by atoms with Crippen LogP contribution in [0.2, 0.25) is 0 Å². The van der Waals surface area contributed by atoms with Crippen molar-refractivity contribution in [3.63, 3.8) is 0 Å². The first-order valence-electron chi connectivity index (χ1n) is 5.80. The normalized spacial score (nSPS) is 9.67. The molecule has 0 unspecified atom stereocenters. The van der Waals surface area contributed by atoms with Crippen molar-refractivity contribution in [1.29, 1.82) is 5.26 Å². The average Bonchev–Trinajstić information content (AvgIpc) is 2.47. The monoisotopic (exact) mass is 283 g/mol. The maximum absolute atomic E-state index is 11.0. The van der Waals surface area contributed by atoms with Crippen LogP contribution >= 0.6 is 0 Å². The van der Waals surface area contributed by atoms with E-state index in [1.54, 1.807) is 6.07 Å². The van der Waals surface area contributed by atoms with E-state index in [9.17, 15) is 14.9 Å². The van der Waals surface area contributed by atoms with Crippen LogP contribution in [0.1, 0.15) is 15.9 Å². The third-order valence-electron chi connectivity index (χ3n) is 2.71. The number of nitriles is 1. The standard InChI is InChI=1S/C14H9N3O4/c15-8-9-4-5-12(13(6-9)17(20)21)16-11-3-1-2-10(7-11)14(18)19/h1-7,16H,(H,18,19). The van der Waals surface area contributed by atoms with Gasteiger partial charge in [-0.3, -0.25) is 10.1 Å². The number of aromatic carboxylic acids is 1. The van der Waals surface area contributed by atoms with E-state index in [2.05, 4.69) is 5.32 Å². The second-order valence-corrected chi connectivity index (χ2v) is 4.11. The first-order valence-corrected chi connectivity index (χ1v) is 5.80. The van der Waals surface area contributed by atoms with Crippen LogP contribution in [0, 0.1) is 21.4 Å². The predicted molar refractivity (Wildman–Crippen MR) is 74.5 cm³/mol. The van der Waals surface area contributed by atoms with Crippen molar-refractivity contribution < 1.29 is 14.8 Å². The van der Waals surface area contributed by atoms with Crippen LogP contribution in [0.15, 0.2) is 42.5 Å². The van der Waals surface area contributed by atoms with E-state index in [1.807, 2.05) is 6.07 Å². The van der Waals surface area contributed by atoms with E-state index in [0.29, 0.717) is 5.69 Å². The molecule has 21 heavy (non-hydrogen) atoms. The van der Waals surface area contributed by atoms with Crippen molar-refractivity contribution in [2.45, 2.75) is 0 Å². The minimum atomic E-state index is -1.09. The zero-order chi connectivity index (χ0) is 15.4. The summed E-state index contributed by atoms with van der Waals surface area (Å²) in [6.07, 6.45) is 0. The van der Waals surface area contributed by atoms with Gasteiger partial charge in [-0.05, 0) is 30.3 Å². The van der Waals surface area contributed by atoms with E-state index in [1.165, 1.54) is 30.3 Å². The topological polar surface area (TPSA) is 116 Å². The molecule has 2 N–H and O–H groups in total. The number of carboxylic acid groups (broad SMARTS) is 1. The molecule has 0 aliphatic rings. The van der Waals surface area contributed by atoms with Crippen molar-refractivity contribution >= 4 is 23.0 Å². The maximum Gasteiger partial charge on any atom is 0.335 e. The molecular weight excluding hydrogens is 274 g/mol. The summed E-state index contributed by atoms with van der Waals surface area (Å²) in [7, 11) is 0. The van der Waals surface area contributed by atoms with Crippen LogP contribution in [-0.2, 0) is 0 Å². The number of hydrogen-bond donors (Lipinski definition) is 2. The van der Waals surface area contributed by atoms with Gasteiger partial charge in [-0.2, -0.15) is 5.26 Å². The maximum atomic E-state index is 11.0. The third kappa shape index (κ3) is 3.13. The molecule has 0 radical (unpaired) electrons. The quantitative estimate of drug-likeness (QED) is 0.658. The molecule has 7 heteroatoms. The first kappa shape index (κ1) is 14.0. The molecule has 0 atom stereocenters. The van der Waals surface area contributed by atoms with Gasteiger partial charge in [-0.15, -0.1) is 0 Å². The number of carbonyl (C=O) groups is 1. The molecule has 0 spiro atoms. The summed E-state index contributed by atoms with van der Waals surface area (Å²) in [5.41, 5.74) is 0.571. The molecule has 0 aliphatic heterocycles. The van der Waals surface area contributed by atoms with Crippen molar-refractivity contribution in [3.05, 3.63) is 63.7 Å². The molecule has 0 heterocycles. The fraction of sp³-hybridized carbons (Fsp3) is 0. The molecule has 0 aromatic heterocycles. The lowest BCUT2D eigenvalue weighted by Gasteiger charge is -2.08. The van der Waals surface area contributed by atoms with E-state index < -0.39 is 10.9 Å². The summed E-state index contributed by atoms with van der Waals surface area (Å²) in [6.45, 7) is 0. The summed E-state index contributed by atoms with van der Waals surface area (Å²) < 4.78 is 0. The fourth-order valence-corrected chi connectivity index (χ4v) is 1.74. The number of nitro benzene ring substituents is 1. The second-order valence-electron chi connectivity index (χ2n) is 4.11. The Bertz CT molecular complexity index is 765. The van der Waals surface area contributed by atoms with Gasteiger partial charge in [-0.1, -0.05) is 6.07 Å². The largest absolute Gasteiger partial charge is 0.478 e. The number of hydrogen-bond acceptors (Lipinski definition) is 5. The summed E-state index contributed by atoms with van der Waals surface area (Å²) >= 11 is 0. The highest BCUT2D eigenvalue weighted by molar-refractivity contribution is 5.89. The zero-order valence-corrected chi connectivity index (χ0v) is 10.6. The third-order valence-corrected chi connectivity index (χ3v) is 2.71. The highest BCUT2D eigenvalue weighted by Crippen LogP contribution is 2.28.